The molecule has 1 heterocycles. The number of aromatic nitrogens is 1. The van der Waals surface area contributed by atoms with Crippen LogP contribution in [-0.4, -0.2) is 28.1 Å². The Morgan fingerprint density at radius 2 is 2.05 bits per heavy atom. The van der Waals surface area contributed by atoms with Gasteiger partial charge in [0.15, 0.2) is 0 Å². The highest BCUT2D eigenvalue weighted by atomic mass is 32.1. The Labute approximate surface area is 128 Å². The molecule has 1 aromatic rings. The van der Waals surface area contributed by atoms with Crippen molar-refractivity contribution in [3.05, 3.63) is 15.6 Å². The standard InChI is InChI=1S/C14H21N3O3S/c1-7-13(21-9(3)15-7)8(2)16-14(20)17-11(6-12(18)19)10-4-5-10/h8,10-11H,4-6H2,1-3H3,(H,18,19)(H2,16,17,20). The zero-order chi connectivity index (χ0) is 15.6. The number of nitrogens with one attached hydrogen (secondary N) is 2. The van der Waals surface area contributed by atoms with Crippen molar-refractivity contribution in [1.29, 1.82) is 0 Å². The van der Waals surface area contributed by atoms with E-state index in [2.05, 4.69) is 15.6 Å². The van der Waals surface area contributed by atoms with Crippen LogP contribution in [0.1, 0.15) is 47.8 Å². The molecule has 0 bridgehead atoms. The van der Waals surface area contributed by atoms with E-state index in [1.165, 1.54) is 0 Å². The maximum absolute atomic E-state index is 12.0. The van der Waals surface area contributed by atoms with Crippen LogP contribution in [0, 0.1) is 19.8 Å². The molecular formula is C14H21N3O3S. The molecule has 21 heavy (non-hydrogen) atoms. The summed E-state index contributed by atoms with van der Waals surface area (Å²) in [6.45, 7) is 5.76. The van der Waals surface area contributed by atoms with Gasteiger partial charge < -0.3 is 15.7 Å². The van der Waals surface area contributed by atoms with Crippen LogP contribution in [0.5, 0.6) is 0 Å². The summed E-state index contributed by atoms with van der Waals surface area (Å²) in [5.41, 5.74) is 0.926. The zero-order valence-corrected chi connectivity index (χ0v) is 13.3. The number of aryl methyl sites for hydroxylation is 2. The Hall–Kier alpha value is -1.63. The molecule has 2 unspecified atom stereocenters. The van der Waals surface area contributed by atoms with E-state index in [4.69, 9.17) is 5.11 Å². The molecule has 1 aliphatic carbocycles. The first kappa shape index (κ1) is 15.8. The predicted molar refractivity (Wildman–Crippen MR) is 80.4 cm³/mol. The number of carboxylic acid groups (broad SMARTS) is 1. The fourth-order valence-corrected chi connectivity index (χ4v) is 3.37. The average molecular weight is 311 g/mol. The van der Waals surface area contributed by atoms with Gasteiger partial charge in [-0.25, -0.2) is 9.78 Å². The number of aliphatic carboxylic acids is 1. The van der Waals surface area contributed by atoms with Crippen LogP contribution in [0.15, 0.2) is 0 Å². The van der Waals surface area contributed by atoms with Gasteiger partial charge in [0.25, 0.3) is 0 Å². The molecule has 6 nitrogen and oxygen atoms in total. The van der Waals surface area contributed by atoms with Gasteiger partial charge in [-0.1, -0.05) is 0 Å². The Bertz CT molecular complexity index is 540. The molecule has 7 heteroatoms. The molecule has 1 aliphatic rings. The topological polar surface area (TPSA) is 91.3 Å². The summed E-state index contributed by atoms with van der Waals surface area (Å²) in [5, 5.41) is 15.5. The third-order valence-electron chi connectivity index (χ3n) is 3.58. The van der Waals surface area contributed by atoms with E-state index in [0.717, 1.165) is 28.4 Å². The van der Waals surface area contributed by atoms with Crippen LogP contribution in [0.3, 0.4) is 0 Å². The average Bonchev–Trinajstić information content (AvgIpc) is 3.13. The molecule has 2 amide bonds. The lowest BCUT2D eigenvalue weighted by Gasteiger charge is -2.19. The first-order chi connectivity index (χ1) is 9.86. The van der Waals surface area contributed by atoms with Gasteiger partial charge in [-0.05, 0) is 39.5 Å². The summed E-state index contributed by atoms with van der Waals surface area (Å²) < 4.78 is 0. The molecular weight excluding hydrogens is 290 g/mol. The van der Waals surface area contributed by atoms with Gasteiger partial charge in [0.05, 0.1) is 23.2 Å². The Balaban J connectivity index is 1.91. The van der Waals surface area contributed by atoms with Crippen LogP contribution in [0.4, 0.5) is 4.79 Å². The second-order valence-electron chi connectivity index (χ2n) is 5.56. The van der Waals surface area contributed by atoms with Gasteiger partial charge in [0.1, 0.15) is 0 Å². The summed E-state index contributed by atoms with van der Waals surface area (Å²) >= 11 is 1.56. The number of hydrogen-bond acceptors (Lipinski definition) is 4. The van der Waals surface area contributed by atoms with Gasteiger partial charge in [0, 0.05) is 10.9 Å². The van der Waals surface area contributed by atoms with Gasteiger partial charge in [-0.3, -0.25) is 4.79 Å². The maximum Gasteiger partial charge on any atom is 0.315 e. The summed E-state index contributed by atoms with van der Waals surface area (Å²) in [7, 11) is 0. The van der Waals surface area contributed by atoms with Gasteiger partial charge in [0.2, 0.25) is 0 Å². The van der Waals surface area contributed by atoms with Crippen molar-refractivity contribution in [2.24, 2.45) is 5.92 Å². The van der Waals surface area contributed by atoms with Crippen molar-refractivity contribution in [3.8, 4) is 0 Å². The number of nitrogens with zero attached hydrogens (tertiary/aromatic N) is 1. The minimum Gasteiger partial charge on any atom is -0.481 e. The molecule has 0 spiro atoms. The molecule has 0 aliphatic heterocycles. The van der Waals surface area contributed by atoms with E-state index in [1.54, 1.807) is 11.3 Å². The molecule has 116 valence electrons. The quantitative estimate of drug-likeness (QED) is 0.752. The second kappa shape index (κ2) is 6.43. The molecule has 2 rings (SSSR count). The minimum absolute atomic E-state index is 0.0227. The number of thiazole rings is 1. The lowest BCUT2D eigenvalue weighted by molar-refractivity contribution is -0.137. The first-order valence-electron chi connectivity index (χ1n) is 7.09. The minimum atomic E-state index is -0.880. The molecule has 0 radical (unpaired) electrons. The van der Waals surface area contributed by atoms with Crippen molar-refractivity contribution in [3.63, 3.8) is 0 Å². The highest BCUT2D eigenvalue weighted by Crippen LogP contribution is 2.34. The third kappa shape index (κ3) is 4.42. The number of hydrogen-bond donors (Lipinski definition) is 3. The SMILES string of the molecule is Cc1nc(C)c(C(C)NC(=O)NC(CC(=O)O)C2CC2)s1. The maximum atomic E-state index is 12.0. The molecule has 2 atom stereocenters. The van der Waals surface area contributed by atoms with Crippen molar-refractivity contribution in [1.82, 2.24) is 15.6 Å². The first-order valence-corrected chi connectivity index (χ1v) is 7.91. The predicted octanol–water partition coefficient (Wildman–Crippen LogP) is 2.37. The highest BCUT2D eigenvalue weighted by molar-refractivity contribution is 7.11. The summed E-state index contributed by atoms with van der Waals surface area (Å²) in [5.74, 6) is -0.580. The Morgan fingerprint density at radius 1 is 1.38 bits per heavy atom. The van der Waals surface area contributed by atoms with E-state index >= 15 is 0 Å². The van der Waals surface area contributed by atoms with E-state index in [0.29, 0.717) is 5.92 Å². The van der Waals surface area contributed by atoms with Gasteiger partial charge in [-0.2, -0.15) is 0 Å². The van der Waals surface area contributed by atoms with Crippen molar-refractivity contribution in [2.45, 2.75) is 52.1 Å². The van der Waals surface area contributed by atoms with Crippen molar-refractivity contribution < 1.29 is 14.7 Å². The van der Waals surface area contributed by atoms with Crippen LogP contribution in [0.2, 0.25) is 0 Å². The van der Waals surface area contributed by atoms with Crippen LogP contribution >= 0.6 is 11.3 Å². The fraction of sp³-hybridized carbons (Fsp3) is 0.643. The summed E-state index contributed by atoms with van der Waals surface area (Å²) in [6.07, 6.45) is 1.95. The van der Waals surface area contributed by atoms with E-state index in [1.807, 2.05) is 20.8 Å². The van der Waals surface area contributed by atoms with Gasteiger partial charge in [-0.15, -0.1) is 11.3 Å². The number of carbonyl (C=O) groups is 2. The Kier molecular flexibility index (Phi) is 4.82. The number of urea groups is 1. The normalized spacial score (nSPS) is 17.1. The summed E-state index contributed by atoms with van der Waals surface area (Å²) in [6, 6.07) is -0.731. The second-order valence-corrected chi connectivity index (χ2v) is 6.80. The van der Waals surface area contributed by atoms with Crippen molar-refractivity contribution >= 4 is 23.3 Å². The lowest BCUT2D eigenvalue weighted by atomic mass is 10.1. The monoisotopic (exact) mass is 311 g/mol. The zero-order valence-electron chi connectivity index (χ0n) is 12.5. The van der Waals surface area contributed by atoms with Crippen molar-refractivity contribution in [2.75, 3.05) is 0 Å². The van der Waals surface area contributed by atoms with Crippen LogP contribution < -0.4 is 10.6 Å². The number of carbonyl (C=O) groups excluding carboxylic acids is 1. The smallest absolute Gasteiger partial charge is 0.315 e. The van der Waals surface area contributed by atoms with Crippen LogP contribution in [0.25, 0.3) is 0 Å². The molecule has 1 fully saturated rings. The summed E-state index contributed by atoms with van der Waals surface area (Å²) in [4.78, 5) is 28.3. The number of amides is 2. The van der Waals surface area contributed by atoms with E-state index in [-0.39, 0.29) is 24.5 Å². The molecule has 3 N–H and O–H groups in total. The van der Waals surface area contributed by atoms with E-state index < -0.39 is 5.97 Å². The fourth-order valence-electron chi connectivity index (χ4n) is 2.44. The highest BCUT2D eigenvalue weighted by Gasteiger charge is 2.34. The third-order valence-corrected chi connectivity index (χ3v) is 4.84. The molecule has 0 aromatic carbocycles. The number of rotatable bonds is 6. The lowest BCUT2D eigenvalue weighted by Crippen LogP contribution is -2.44. The number of carboxylic acids is 1. The Morgan fingerprint density at radius 3 is 2.52 bits per heavy atom. The van der Waals surface area contributed by atoms with E-state index in [9.17, 15) is 9.59 Å². The van der Waals surface area contributed by atoms with Gasteiger partial charge >= 0.3 is 12.0 Å². The van der Waals surface area contributed by atoms with Crippen LogP contribution in [-0.2, 0) is 4.79 Å². The molecule has 1 saturated carbocycles. The molecule has 1 aromatic heterocycles. The largest absolute Gasteiger partial charge is 0.481 e. The molecule has 0 saturated heterocycles.